The number of nitrogen functional groups attached to an aromatic ring is 1. The van der Waals surface area contributed by atoms with Crippen molar-refractivity contribution < 1.29 is 9.13 Å². The molecule has 2 aromatic carbocycles. The summed E-state index contributed by atoms with van der Waals surface area (Å²) >= 11 is 1.38. The summed E-state index contributed by atoms with van der Waals surface area (Å²) in [4.78, 5) is 4.30. The lowest BCUT2D eigenvalue weighted by Crippen LogP contribution is -1.83. The maximum absolute atomic E-state index is 13.0. The average molecular weight is 260 g/mol. The lowest BCUT2D eigenvalue weighted by molar-refractivity contribution is 0.474. The second-order valence-electron chi connectivity index (χ2n) is 3.77. The van der Waals surface area contributed by atoms with Gasteiger partial charge in [-0.3, -0.25) is 0 Å². The summed E-state index contributed by atoms with van der Waals surface area (Å²) in [5.41, 5.74) is 7.20. The van der Waals surface area contributed by atoms with Crippen LogP contribution in [0, 0.1) is 5.82 Å². The fourth-order valence-corrected chi connectivity index (χ4v) is 2.48. The molecule has 0 aliphatic rings. The Bertz CT molecular complexity index is 711. The molecule has 0 atom stereocenters. The van der Waals surface area contributed by atoms with Crippen molar-refractivity contribution in [3.05, 3.63) is 48.3 Å². The van der Waals surface area contributed by atoms with Gasteiger partial charge in [0.1, 0.15) is 11.6 Å². The van der Waals surface area contributed by atoms with Gasteiger partial charge < -0.3 is 10.5 Å². The fourth-order valence-electron chi connectivity index (χ4n) is 1.60. The lowest BCUT2D eigenvalue weighted by atomic mass is 10.3. The number of nitrogens with zero attached hydrogens (tertiary/aromatic N) is 1. The molecule has 1 aromatic heterocycles. The summed E-state index contributed by atoms with van der Waals surface area (Å²) in [5, 5.41) is 0.473. The van der Waals surface area contributed by atoms with Crippen molar-refractivity contribution in [1.82, 2.24) is 4.98 Å². The first-order chi connectivity index (χ1) is 8.70. The van der Waals surface area contributed by atoms with E-state index in [2.05, 4.69) is 4.98 Å². The fraction of sp³-hybridized carbons (Fsp3) is 0. The minimum atomic E-state index is -0.335. The van der Waals surface area contributed by atoms with Gasteiger partial charge in [0.05, 0.1) is 10.2 Å². The maximum atomic E-state index is 13.0. The quantitative estimate of drug-likeness (QED) is 0.713. The van der Waals surface area contributed by atoms with Gasteiger partial charge in [-0.1, -0.05) is 17.4 Å². The second-order valence-corrected chi connectivity index (χ2v) is 4.76. The van der Waals surface area contributed by atoms with Crippen LogP contribution in [-0.2, 0) is 0 Å². The van der Waals surface area contributed by atoms with Crippen molar-refractivity contribution in [3.8, 4) is 10.9 Å². The Kier molecular flexibility index (Phi) is 2.60. The lowest BCUT2D eigenvalue weighted by Gasteiger charge is -2.00. The van der Waals surface area contributed by atoms with E-state index in [4.69, 9.17) is 10.5 Å². The van der Waals surface area contributed by atoms with Crippen molar-refractivity contribution in [2.24, 2.45) is 0 Å². The third-order valence-electron chi connectivity index (χ3n) is 2.39. The van der Waals surface area contributed by atoms with E-state index in [9.17, 15) is 4.39 Å². The first-order valence-corrected chi connectivity index (χ1v) is 6.12. The van der Waals surface area contributed by atoms with Crippen LogP contribution in [0.1, 0.15) is 0 Å². The van der Waals surface area contributed by atoms with Gasteiger partial charge in [0.25, 0.3) is 5.19 Å². The Labute approximate surface area is 107 Å². The molecule has 18 heavy (non-hydrogen) atoms. The largest absolute Gasteiger partial charge is 0.431 e. The number of fused-ring (bicyclic) bond motifs is 1. The van der Waals surface area contributed by atoms with Gasteiger partial charge in [0.2, 0.25) is 0 Å². The predicted molar refractivity (Wildman–Crippen MR) is 70.5 cm³/mol. The molecule has 0 bridgehead atoms. The molecule has 0 aliphatic heterocycles. The highest BCUT2D eigenvalue weighted by atomic mass is 32.1. The van der Waals surface area contributed by atoms with Crippen LogP contribution in [0.15, 0.2) is 42.5 Å². The summed E-state index contributed by atoms with van der Waals surface area (Å²) in [6, 6.07) is 11.4. The van der Waals surface area contributed by atoms with E-state index in [-0.39, 0.29) is 5.82 Å². The van der Waals surface area contributed by atoms with E-state index >= 15 is 0 Å². The molecule has 3 nitrogen and oxygen atoms in total. The Morgan fingerprint density at radius 1 is 1.17 bits per heavy atom. The van der Waals surface area contributed by atoms with Crippen molar-refractivity contribution >= 4 is 27.2 Å². The second kappa shape index (κ2) is 4.27. The maximum Gasteiger partial charge on any atom is 0.279 e. The Morgan fingerprint density at radius 3 is 2.89 bits per heavy atom. The van der Waals surface area contributed by atoms with Gasteiger partial charge in [-0.25, -0.2) is 9.37 Å². The molecular weight excluding hydrogens is 251 g/mol. The third kappa shape index (κ3) is 2.12. The van der Waals surface area contributed by atoms with Crippen molar-refractivity contribution in [2.45, 2.75) is 0 Å². The Morgan fingerprint density at radius 2 is 2.06 bits per heavy atom. The monoisotopic (exact) mass is 260 g/mol. The number of rotatable bonds is 2. The zero-order chi connectivity index (χ0) is 12.5. The standard InChI is InChI=1S/C13H9FN2OS/c14-8-2-1-3-10(6-8)17-13-16-11-5-4-9(15)7-12(11)18-13/h1-7H,15H2. The van der Waals surface area contributed by atoms with Crippen LogP contribution >= 0.6 is 11.3 Å². The highest BCUT2D eigenvalue weighted by Crippen LogP contribution is 2.32. The van der Waals surface area contributed by atoms with E-state index in [0.717, 1.165) is 10.2 Å². The third-order valence-corrected chi connectivity index (χ3v) is 3.29. The summed E-state index contributed by atoms with van der Waals surface area (Å²) in [7, 11) is 0. The molecule has 0 fully saturated rings. The number of hydrogen-bond donors (Lipinski definition) is 1. The molecule has 0 spiro atoms. The van der Waals surface area contributed by atoms with Crippen LogP contribution in [0.2, 0.25) is 0 Å². The molecule has 0 amide bonds. The van der Waals surface area contributed by atoms with Crippen LogP contribution in [0.3, 0.4) is 0 Å². The number of nitrogens with two attached hydrogens (primary N) is 1. The zero-order valence-corrected chi connectivity index (χ0v) is 10.1. The van der Waals surface area contributed by atoms with Gasteiger partial charge in [0, 0.05) is 11.8 Å². The first-order valence-electron chi connectivity index (χ1n) is 5.30. The minimum Gasteiger partial charge on any atom is -0.431 e. The highest BCUT2D eigenvalue weighted by Gasteiger charge is 2.06. The van der Waals surface area contributed by atoms with Crippen LogP contribution in [0.25, 0.3) is 10.2 Å². The summed E-state index contributed by atoms with van der Waals surface area (Å²) < 4.78 is 19.5. The van der Waals surface area contributed by atoms with Crippen LogP contribution in [0.4, 0.5) is 10.1 Å². The van der Waals surface area contributed by atoms with Gasteiger partial charge in [-0.2, -0.15) is 0 Å². The Balaban J connectivity index is 1.95. The molecule has 0 unspecified atom stereocenters. The van der Waals surface area contributed by atoms with E-state index < -0.39 is 0 Å². The molecule has 0 radical (unpaired) electrons. The highest BCUT2D eigenvalue weighted by molar-refractivity contribution is 7.20. The average Bonchev–Trinajstić information content (AvgIpc) is 2.70. The number of anilines is 1. The van der Waals surface area contributed by atoms with E-state index in [0.29, 0.717) is 16.6 Å². The van der Waals surface area contributed by atoms with Gasteiger partial charge in [-0.05, 0) is 30.3 Å². The van der Waals surface area contributed by atoms with Crippen molar-refractivity contribution in [1.29, 1.82) is 0 Å². The molecule has 1 heterocycles. The molecular formula is C13H9FN2OS. The Hall–Kier alpha value is -2.14. The summed E-state index contributed by atoms with van der Waals surface area (Å²) in [6.07, 6.45) is 0. The number of benzene rings is 2. The smallest absolute Gasteiger partial charge is 0.279 e. The topological polar surface area (TPSA) is 48.1 Å². The zero-order valence-electron chi connectivity index (χ0n) is 9.26. The van der Waals surface area contributed by atoms with Crippen LogP contribution < -0.4 is 10.5 Å². The molecule has 0 saturated heterocycles. The number of hydrogen-bond acceptors (Lipinski definition) is 4. The van der Waals surface area contributed by atoms with E-state index in [1.165, 1.54) is 23.5 Å². The van der Waals surface area contributed by atoms with E-state index in [1.807, 2.05) is 12.1 Å². The van der Waals surface area contributed by atoms with Crippen molar-refractivity contribution in [3.63, 3.8) is 0 Å². The normalized spacial score (nSPS) is 10.7. The van der Waals surface area contributed by atoms with Gasteiger partial charge in [0.15, 0.2) is 0 Å². The number of halogens is 1. The molecule has 2 N–H and O–H groups in total. The molecule has 3 rings (SSSR count). The molecule has 90 valence electrons. The SMILES string of the molecule is Nc1ccc2nc(Oc3cccc(F)c3)sc2c1. The molecule has 0 saturated carbocycles. The van der Waals surface area contributed by atoms with Gasteiger partial charge >= 0.3 is 0 Å². The van der Waals surface area contributed by atoms with Gasteiger partial charge in [-0.15, -0.1) is 0 Å². The van der Waals surface area contributed by atoms with Crippen molar-refractivity contribution in [2.75, 3.05) is 5.73 Å². The molecule has 5 heteroatoms. The summed E-state index contributed by atoms with van der Waals surface area (Å²) in [5.74, 6) is 0.0971. The summed E-state index contributed by atoms with van der Waals surface area (Å²) in [6.45, 7) is 0. The predicted octanol–water partition coefficient (Wildman–Crippen LogP) is 3.81. The van der Waals surface area contributed by atoms with Crippen LogP contribution in [-0.4, -0.2) is 4.98 Å². The first kappa shape index (κ1) is 11.0. The molecule has 0 aliphatic carbocycles. The van der Waals surface area contributed by atoms with E-state index in [1.54, 1.807) is 18.2 Å². The van der Waals surface area contributed by atoms with Crippen LogP contribution in [0.5, 0.6) is 10.9 Å². The number of thiazole rings is 1. The minimum absolute atomic E-state index is 0.335. The number of aromatic nitrogens is 1. The molecule has 3 aromatic rings. The number of ether oxygens (including phenoxy) is 1.